The molecule has 1 aromatic rings. The quantitative estimate of drug-likeness (QED) is 0.748. The SMILES string of the molecule is CCC(CCl)NC(=O)c1cn[nH]c1C. The maximum absolute atomic E-state index is 11.6. The average molecular weight is 216 g/mol. The summed E-state index contributed by atoms with van der Waals surface area (Å²) < 4.78 is 0. The average Bonchev–Trinajstić information content (AvgIpc) is 2.60. The molecule has 2 N–H and O–H groups in total. The van der Waals surface area contributed by atoms with Gasteiger partial charge >= 0.3 is 0 Å². The van der Waals surface area contributed by atoms with E-state index in [4.69, 9.17) is 11.6 Å². The Balaban J connectivity index is 2.63. The molecule has 0 spiro atoms. The molecule has 0 saturated heterocycles. The highest BCUT2D eigenvalue weighted by Crippen LogP contribution is 2.03. The van der Waals surface area contributed by atoms with Gasteiger partial charge in [0.15, 0.2) is 0 Å². The van der Waals surface area contributed by atoms with Crippen LogP contribution >= 0.6 is 11.6 Å². The Bertz CT molecular complexity index is 307. The van der Waals surface area contributed by atoms with E-state index < -0.39 is 0 Å². The molecule has 0 saturated carbocycles. The van der Waals surface area contributed by atoms with E-state index in [-0.39, 0.29) is 11.9 Å². The van der Waals surface area contributed by atoms with Crippen LogP contribution in [0.15, 0.2) is 6.20 Å². The summed E-state index contributed by atoms with van der Waals surface area (Å²) in [6, 6.07) is 0.0264. The number of nitrogens with one attached hydrogen (secondary N) is 2. The number of carbonyl (C=O) groups is 1. The van der Waals surface area contributed by atoms with Crippen molar-refractivity contribution in [3.63, 3.8) is 0 Å². The van der Waals surface area contributed by atoms with Gasteiger partial charge in [-0.2, -0.15) is 5.10 Å². The summed E-state index contributed by atoms with van der Waals surface area (Å²) in [6.45, 7) is 3.79. The Kier molecular flexibility index (Phi) is 3.95. The van der Waals surface area contributed by atoms with Gasteiger partial charge in [0.25, 0.3) is 5.91 Å². The molecule has 1 aromatic heterocycles. The zero-order valence-electron chi connectivity index (χ0n) is 8.30. The molecule has 0 aliphatic rings. The van der Waals surface area contributed by atoms with E-state index in [1.54, 1.807) is 0 Å². The van der Waals surface area contributed by atoms with E-state index in [2.05, 4.69) is 15.5 Å². The molecule has 1 heterocycles. The van der Waals surface area contributed by atoms with Crippen molar-refractivity contribution in [1.82, 2.24) is 15.5 Å². The fourth-order valence-electron chi connectivity index (χ4n) is 1.09. The van der Waals surface area contributed by atoms with Crippen molar-refractivity contribution >= 4 is 17.5 Å². The van der Waals surface area contributed by atoms with Crippen molar-refractivity contribution in [2.24, 2.45) is 0 Å². The number of aryl methyl sites for hydroxylation is 1. The van der Waals surface area contributed by atoms with Crippen LogP contribution in [0.25, 0.3) is 0 Å². The summed E-state index contributed by atoms with van der Waals surface area (Å²) in [5.41, 5.74) is 1.35. The van der Waals surface area contributed by atoms with Crippen LogP contribution in [0, 0.1) is 6.92 Å². The predicted molar refractivity (Wildman–Crippen MR) is 55.6 cm³/mol. The van der Waals surface area contributed by atoms with Gasteiger partial charge in [0.2, 0.25) is 0 Å². The highest BCUT2D eigenvalue weighted by molar-refractivity contribution is 6.18. The second-order valence-corrected chi connectivity index (χ2v) is 3.45. The van der Waals surface area contributed by atoms with E-state index in [0.717, 1.165) is 12.1 Å². The Labute approximate surface area is 88.0 Å². The Morgan fingerprint density at radius 3 is 2.93 bits per heavy atom. The molecule has 0 aliphatic carbocycles. The molecule has 1 unspecified atom stereocenters. The number of H-pyrrole nitrogens is 1. The summed E-state index contributed by atoms with van der Waals surface area (Å²) in [6.07, 6.45) is 2.34. The summed E-state index contributed by atoms with van der Waals surface area (Å²) in [5.74, 6) is 0.308. The van der Waals surface area contributed by atoms with Crippen LogP contribution in [0.2, 0.25) is 0 Å². The van der Waals surface area contributed by atoms with Gasteiger partial charge in [-0.15, -0.1) is 11.6 Å². The summed E-state index contributed by atoms with van der Waals surface area (Å²) in [7, 11) is 0. The van der Waals surface area contributed by atoms with Crippen molar-refractivity contribution in [1.29, 1.82) is 0 Å². The first-order valence-electron chi connectivity index (χ1n) is 4.55. The highest BCUT2D eigenvalue weighted by Gasteiger charge is 2.14. The third-order valence-electron chi connectivity index (χ3n) is 2.09. The minimum atomic E-state index is -0.122. The summed E-state index contributed by atoms with van der Waals surface area (Å²) in [5, 5.41) is 9.33. The Morgan fingerprint density at radius 2 is 2.50 bits per heavy atom. The number of carbonyl (C=O) groups excluding carboxylic acids is 1. The van der Waals surface area contributed by atoms with Crippen molar-refractivity contribution in [3.05, 3.63) is 17.5 Å². The van der Waals surface area contributed by atoms with Crippen LogP contribution in [-0.4, -0.2) is 28.0 Å². The van der Waals surface area contributed by atoms with Crippen LogP contribution in [0.4, 0.5) is 0 Å². The predicted octanol–water partition coefficient (Wildman–Crippen LogP) is 1.47. The van der Waals surface area contributed by atoms with E-state index in [1.807, 2.05) is 13.8 Å². The van der Waals surface area contributed by atoms with Crippen LogP contribution < -0.4 is 5.32 Å². The standard InChI is InChI=1S/C9H14ClN3O/c1-3-7(4-10)12-9(14)8-5-11-13-6(8)2/h5,7H,3-4H2,1-2H3,(H,11,13)(H,12,14). The second kappa shape index (κ2) is 5.00. The minimum absolute atomic E-state index is 0.0264. The number of rotatable bonds is 4. The maximum atomic E-state index is 11.6. The molecule has 0 fully saturated rings. The van der Waals surface area contributed by atoms with Crippen molar-refractivity contribution in [3.8, 4) is 0 Å². The van der Waals surface area contributed by atoms with Gasteiger partial charge in [-0.05, 0) is 13.3 Å². The zero-order chi connectivity index (χ0) is 10.6. The fraction of sp³-hybridized carbons (Fsp3) is 0.556. The van der Waals surface area contributed by atoms with Crippen molar-refractivity contribution in [2.75, 3.05) is 5.88 Å². The van der Waals surface area contributed by atoms with E-state index in [9.17, 15) is 4.79 Å². The number of aromatic nitrogens is 2. The lowest BCUT2D eigenvalue weighted by atomic mass is 10.2. The normalized spacial score (nSPS) is 12.5. The Hall–Kier alpha value is -1.03. The third-order valence-corrected chi connectivity index (χ3v) is 2.46. The molecule has 1 amide bonds. The number of hydrogen-bond acceptors (Lipinski definition) is 2. The van der Waals surface area contributed by atoms with Gasteiger partial charge < -0.3 is 5.32 Å². The van der Waals surface area contributed by atoms with E-state index in [1.165, 1.54) is 6.20 Å². The molecule has 1 rings (SSSR count). The van der Waals surface area contributed by atoms with Crippen molar-refractivity contribution < 1.29 is 4.79 Å². The van der Waals surface area contributed by atoms with Gasteiger partial charge in [-0.3, -0.25) is 9.89 Å². The van der Waals surface area contributed by atoms with Crippen LogP contribution in [0.5, 0.6) is 0 Å². The number of nitrogens with zero attached hydrogens (tertiary/aromatic N) is 1. The number of alkyl halides is 1. The molecule has 4 nitrogen and oxygen atoms in total. The number of aromatic amines is 1. The van der Waals surface area contributed by atoms with Crippen LogP contribution in [-0.2, 0) is 0 Å². The first-order chi connectivity index (χ1) is 6.69. The van der Waals surface area contributed by atoms with Crippen molar-refractivity contribution in [2.45, 2.75) is 26.3 Å². The number of halogens is 1. The monoisotopic (exact) mass is 215 g/mol. The lowest BCUT2D eigenvalue weighted by Crippen LogP contribution is -2.35. The highest BCUT2D eigenvalue weighted by atomic mass is 35.5. The topological polar surface area (TPSA) is 57.8 Å². The van der Waals surface area contributed by atoms with Crippen LogP contribution in [0.1, 0.15) is 29.4 Å². The maximum Gasteiger partial charge on any atom is 0.254 e. The first kappa shape index (κ1) is 11.0. The molecule has 5 heteroatoms. The minimum Gasteiger partial charge on any atom is -0.348 e. The van der Waals surface area contributed by atoms with Gasteiger partial charge in [-0.1, -0.05) is 6.92 Å². The number of amides is 1. The van der Waals surface area contributed by atoms with E-state index in [0.29, 0.717) is 11.4 Å². The van der Waals surface area contributed by atoms with Gasteiger partial charge in [-0.25, -0.2) is 0 Å². The van der Waals surface area contributed by atoms with Gasteiger partial charge in [0, 0.05) is 17.6 Å². The lowest BCUT2D eigenvalue weighted by Gasteiger charge is -2.12. The molecular formula is C9H14ClN3O. The van der Waals surface area contributed by atoms with Gasteiger partial charge in [0.05, 0.1) is 11.8 Å². The molecule has 0 radical (unpaired) electrons. The molecule has 78 valence electrons. The molecule has 0 bridgehead atoms. The summed E-state index contributed by atoms with van der Waals surface area (Å²) >= 11 is 5.67. The smallest absolute Gasteiger partial charge is 0.254 e. The lowest BCUT2D eigenvalue weighted by molar-refractivity contribution is 0.0939. The molecule has 0 aromatic carbocycles. The first-order valence-corrected chi connectivity index (χ1v) is 5.09. The fourth-order valence-corrected chi connectivity index (χ4v) is 1.39. The largest absolute Gasteiger partial charge is 0.348 e. The molecule has 0 aliphatic heterocycles. The third kappa shape index (κ3) is 2.48. The van der Waals surface area contributed by atoms with Gasteiger partial charge in [0.1, 0.15) is 0 Å². The molecular weight excluding hydrogens is 202 g/mol. The van der Waals surface area contributed by atoms with E-state index >= 15 is 0 Å². The zero-order valence-corrected chi connectivity index (χ0v) is 9.06. The molecule has 1 atom stereocenters. The Morgan fingerprint density at radius 1 is 1.79 bits per heavy atom. The second-order valence-electron chi connectivity index (χ2n) is 3.14. The summed E-state index contributed by atoms with van der Waals surface area (Å²) in [4.78, 5) is 11.6. The molecule has 14 heavy (non-hydrogen) atoms. The number of hydrogen-bond donors (Lipinski definition) is 2. The van der Waals surface area contributed by atoms with Crippen LogP contribution in [0.3, 0.4) is 0 Å².